The predicted molar refractivity (Wildman–Crippen MR) is 107 cm³/mol. The highest BCUT2D eigenvalue weighted by Crippen LogP contribution is 2.20. The van der Waals surface area contributed by atoms with E-state index in [1.807, 2.05) is 6.92 Å². The molecule has 1 unspecified atom stereocenters. The van der Waals surface area contributed by atoms with Crippen molar-refractivity contribution in [2.75, 3.05) is 0 Å². The fourth-order valence-electron chi connectivity index (χ4n) is 3.26. The van der Waals surface area contributed by atoms with Crippen LogP contribution in [0.5, 0.6) is 0 Å². The van der Waals surface area contributed by atoms with Gasteiger partial charge in [0.1, 0.15) is 23.3 Å². The summed E-state index contributed by atoms with van der Waals surface area (Å²) < 4.78 is 33.2. The Balaban J connectivity index is 2.27. The molecule has 0 radical (unpaired) electrons. The first kappa shape index (κ1) is 23.6. The topological polar surface area (TPSA) is 26.3 Å². The van der Waals surface area contributed by atoms with E-state index in [-0.39, 0.29) is 11.7 Å². The van der Waals surface area contributed by atoms with Crippen LogP contribution in [0.25, 0.3) is 0 Å². The Morgan fingerprint density at radius 2 is 1.48 bits per heavy atom. The van der Waals surface area contributed by atoms with Gasteiger partial charge in [0.15, 0.2) is 0 Å². The van der Waals surface area contributed by atoms with E-state index in [0.29, 0.717) is 6.42 Å². The lowest BCUT2D eigenvalue weighted by molar-refractivity contribution is 0.0256. The van der Waals surface area contributed by atoms with Crippen molar-refractivity contribution in [2.45, 2.75) is 104 Å². The summed E-state index contributed by atoms with van der Waals surface area (Å²) in [5, 5.41) is 0. The Labute approximate surface area is 163 Å². The minimum absolute atomic E-state index is 0.242. The first-order valence-corrected chi connectivity index (χ1v) is 10.7. The van der Waals surface area contributed by atoms with Crippen LogP contribution in [0, 0.1) is 18.6 Å². The number of ether oxygens (including phenoxy) is 1. The van der Waals surface area contributed by atoms with Crippen molar-refractivity contribution >= 4 is 5.97 Å². The molecule has 4 heteroatoms. The third-order valence-electron chi connectivity index (χ3n) is 5.10. The molecule has 0 aliphatic heterocycles. The van der Waals surface area contributed by atoms with Crippen LogP contribution >= 0.6 is 0 Å². The molecule has 2 nitrogen and oxygen atoms in total. The zero-order valence-electron chi connectivity index (χ0n) is 17.3. The fraction of sp³-hybridized carbons (Fsp3) is 0.696. The Kier molecular flexibility index (Phi) is 12.0. The van der Waals surface area contributed by atoms with Gasteiger partial charge in [0.05, 0.1) is 0 Å². The van der Waals surface area contributed by atoms with Gasteiger partial charge in [0.2, 0.25) is 0 Å². The van der Waals surface area contributed by atoms with E-state index < -0.39 is 23.2 Å². The maximum atomic E-state index is 14.0. The Morgan fingerprint density at radius 1 is 0.926 bits per heavy atom. The molecule has 0 aromatic heterocycles. The molecule has 154 valence electrons. The average Bonchev–Trinajstić information content (AvgIpc) is 2.65. The molecule has 0 aliphatic rings. The number of hydrogen-bond acceptors (Lipinski definition) is 2. The van der Waals surface area contributed by atoms with E-state index in [1.54, 1.807) is 0 Å². The SMILES string of the molecule is CCCCCCCCCCCCC(CC)OC(=O)c1c(F)ccc(C)c1F. The summed E-state index contributed by atoms with van der Waals surface area (Å²) >= 11 is 0. The second-order valence-corrected chi connectivity index (χ2v) is 7.46. The van der Waals surface area contributed by atoms with Gasteiger partial charge in [0, 0.05) is 0 Å². The number of aryl methyl sites for hydroxylation is 1. The maximum absolute atomic E-state index is 14.0. The van der Waals surface area contributed by atoms with Crippen molar-refractivity contribution in [3.05, 3.63) is 34.9 Å². The van der Waals surface area contributed by atoms with Crippen LogP contribution in [0.3, 0.4) is 0 Å². The lowest BCUT2D eigenvalue weighted by atomic mass is 10.0. The Hall–Kier alpha value is -1.45. The van der Waals surface area contributed by atoms with E-state index in [9.17, 15) is 13.6 Å². The quantitative estimate of drug-likeness (QED) is 0.246. The summed E-state index contributed by atoms with van der Waals surface area (Å²) in [5.41, 5.74) is -0.331. The zero-order valence-corrected chi connectivity index (χ0v) is 17.3. The molecule has 0 spiro atoms. The maximum Gasteiger partial charge on any atom is 0.344 e. The van der Waals surface area contributed by atoms with Crippen LogP contribution < -0.4 is 0 Å². The van der Waals surface area contributed by atoms with Crippen molar-refractivity contribution in [3.63, 3.8) is 0 Å². The normalized spacial score (nSPS) is 12.2. The van der Waals surface area contributed by atoms with Gasteiger partial charge in [-0.15, -0.1) is 0 Å². The second kappa shape index (κ2) is 13.7. The third kappa shape index (κ3) is 8.85. The lowest BCUT2D eigenvalue weighted by Gasteiger charge is -2.17. The average molecular weight is 383 g/mol. The molecule has 0 aliphatic carbocycles. The highest BCUT2D eigenvalue weighted by atomic mass is 19.1. The summed E-state index contributed by atoms with van der Waals surface area (Å²) in [6, 6.07) is 2.43. The van der Waals surface area contributed by atoms with Crippen molar-refractivity contribution in [3.8, 4) is 0 Å². The van der Waals surface area contributed by atoms with Crippen molar-refractivity contribution in [2.24, 2.45) is 0 Å². The minimum Gasteiger partial charge on any atom is -0.459 e. The first-order chi connectivity index (χ1) is 13.0. The van der Waals surface area contributed by atoms with Crippen LogP contribution in [0.2, 0.25) is 0 Å². The van der Waals surface area contributed by atoms with E-state index in [1.165, 1.54) is 64.4 Å². The van der Waals surface area contributed by atoms with Gasteiger partial charge in [-0.3, -0.25) is 0 Å². The Morgan fingerprint density at radius 3 is 2.04 bits per heavy atom. The first-order valence-electron chi connectivity index (χ1n) is 10.7. The van der Waals surface area contributed by atoms with Gasteiger partial charge >= 0.3 is 5.97 Å². The number of rotatable bonds is 14. The van der Waals surface area contributed by atoms with E-state index >= 15 is 0 Å². The molecule has 27 heavy (non-hydrogen) atoms. The molecule has 0 saturated carbocycles. The van der Waals surface area contributed by atoms with Gasteiger partial charge in [-0.05, 0) is 37.8 Å². The number of halogens is 2. The van der Waals surface area contributed by atoms with E-state index in [0.717, 1.165) is 25.3 Å². The summed E-state index contributed by atoms with van der Waals surface area (Å²) in [6.07, 6.45) is 13.6. The lowest BCUT2D eigenvalue weighted by Crippen LogP contribution is -2.20. The molecule has 0 bridgehead atoms. The number of carbonyl (C=O) groups is 1. The highest BCUT2D eigenvalue weighted by Gasteiger charge is 2.23. The van der Waals surface area contributed by atoms with Gasteiger partial charge < -0.3 is 4.74 Å². The molecule has 1 atom stereocenters. The summed E-state index contributed by atoms with van der Waals surface area (Å²) in [6.45, 7) is 5.67. The fourth-order valence-corrected chi connectivity index (χ4v) is 3.26. The number of hydrogen-bond donors (Lipinski definition) is 0. The van der Waals surface area contributed by atoms with Crippen molar-refractivity contribution in [1.82, 2.24) is 0 Å². The summed E-state index contributed by atoms with van der Waals surface area (Å²) in [5.74, 6) is -2.58. The molecule has 1 rings (SSSR count). The number of unbranched alkanes of at least 4 members (excludes halogenated alkanes) is 9. The summed E-state index contributed by atoms with van der Waals surface area (Å²) in [4.78, 5) is 12.2. The molecule has 0 fully saturated rings. The van der Waals surface area contributed by atoms with Crippen LogP contribution in [0.1, 0.15) is 107 Å². The van der Waals surface area contributed by atoms with Crippen molar-refractivity contribution in [1.29, 1.82) is 0 Å². The van der Waals surface area contributed by atoms with Crippen molar-refractivity contribution < 1.29 is 18.3 Å². The van der Waals surface area contributed by atoms with E-state index in [4.69, 9.17) is 4.74 Å². The molecule has 1 aromatic rings. The van der Waals surface area contributed by atoms with E-state index in [2.05, 4.69) is 6.92 Å². The molecular formula is C23H36F2O2. The van der Waals surface area contributed by atoms with Crippen LogP contribution in [0.4, 0.5) is 8.78 Å². The molecule has 0 heterocycles. The second-order valence-electron chi connectivity index (χ2n) is 7.46. The van der Waals surface area contributed by atoms with Crippen LogP contribution in [-0.4, -0.2) is 12.1 Å². The zero-order chi connectivity index (χ0) is 20.1. The summed E-state index contributed by atoms with van der Waals surface area (Å²) in [7, 11) is 0. The van der Waals surface area contributed by atoms with Gasteiger partial charge in [-0.1, -0.05) is 77.7 Å². The third-order valence-corrected chi connectivity index (χ3v) is 5.10. The highest BCUT2D eigenvalue weighted by molar-refractivity contribution is 5.90. The predicted octanol–water partition coefficient (Wildman–Crippen LogP) is 7.52. The molecular weight excluding hydrogens is 346 g/mol. The molecule has 0 N–H and O–H groups in total. The van der Waals surface area contributed by atoms with Gasteiger partial charge in [-0.25, -0.2) is 13.6 Å². The number of carbonyl (C=O) groups excluding carboxylic acids is 1. The van der Waals surface area contributed by atoms with Crippen LogP contribution in [-0.2, 0) is 4.74 Å². The smallest absolute Gasteiger partial charge is 0.344 e. The minimum atomic E-state index is -0.896. The Bertz CT molecular complexity index is 558. The van der Waals surface area contributed by atoms with Gasteiger partial charge in [-0.2, -0.15) is 0 Å². The number of benzene rings is 1. The monoisotopic (exact) mass is 382 g/mol. The standard InChI is InChI=1S/C23H36F2O2/c1-4-6-7-8-9-10-11-12-13-14-15-19(5-2)27-23(26)21-20(24)17-16-18(3)22(21)25/h16-17,19H,4-15H2,1-3H3. The largest absolute Gasteiger partial charge is 0.459 e. The van der Waals surface area contributed by atoms with Crippen LogP contribution in [0.15, 0.2) is 12.1 Å². The number of esters is 1. The molecule has 0 saturated heterocycles. The molecule has 0 amide bonds. The molecule has 1 aromatic carbocycles. The van der Waals surface area contributed by atoms with Gasteiger partial charge in [0.25, 0.3) is 0 Å².